The second-order valence-corrected chi connectivity index (χ2v) is 16.5. The Morgan fingerprint density at radius 1 is 0.612 bits per heavy atom. The lowest BCUT2D eigenvalue weighted by atomic mass is 10.1. The second-order valence-electron chi connectivity index (χ2n) is 15.0. The zero-order valence-electron chi connectivity index (χ0n) is 32.9. The summed E-state index contributed by atoms with van der Waals surface area (Å²) in [6.45, 7) is 5.59. The number of allylic oxidation sites excluding steroid dienone is 2. The first-order valence-corrected chi connectivity index (χ1v) is 21.9. The minimum absolute atomic E-state index is 0.0910. The average molecular weight is 719 g/mol. The van der Waals surface area contributed by atoms with Gasteiger partial charge in [0.15, 0.2) is 0 Å². The standard InChI is InChI=1S/C40H80NO7P/c1-6-8-10-12-14-15-16-17-18-19-20-21-22-23-24-25-26-28-30-32-35-45-37-39(38-47-49(43,44)46-36-34-41(3,4)5)48-40(42)33-31-29-27-13-11-9-7-2/h17-18,39H,6-16,19-38H2,1-5H3/p+1/b18-17-. The predicted octanol–water partition coefficient (Wildman–Crippen LogP) is 11.5. The number of esters is 1. The number of quaternary nitrogens is 1. The fourth-order valence-electron chi connectivity index (χ4n) is 5.61. The summed E-state index contributed by atoms with van der Waals surface area (Å²) in [7, 11) is 1.67. The van der Waals surface area contributed by atoms with Crippen LogP contribution in [0.3, 0.4) is 0 Å². The van der Waals surface area contributed by atoms with E-state index in [1.165, 1.54) is 128 Å². The normalized spacial score (nSPS) is 14.0. The number of hydrogen-bond acceptors (Lipinski definition) is 6. The van der Waals surface area contributed by atoms with Crippen molar-refractivity contribution in [1.82, 2.24) is 0 Å². The molecule has 0 aliphatic carbocycles. The first-order valence-electron chi connectivity index (χ1n) is 20.4. The third kappa shape index (κ3) is 38.3. The van der Waals surface area contributed by atoms with E-state index in [0.717, 1.165) is 32.1 Å². The van der Waals surface area contributed by atoms with Gasteiger partial charge >= 0.3 is 13.8 Å². The fourth-order valence-corrected chi connectivity index (χ4v) is 6.35. The largest absolute Gasteiger partial charge is 0.472 e. The van der Waals surface area contributed by atoms with Crippen LogP contribution in [0.25, 0.3) is 0 Å². The van der Waals surface area contributed by atoms with Crippen LogP contribution >= 0.6 is 7.82 Å². The van der Waals surface area contributed by atoms with Gasteiger partial charge in [-0.15, -0.1) is 0 Å². The molecule has 9 heteroatoms. The third-order valence-electron chi connectivity index (χ3n) is 8.83. The molecule has 0 rings (SSSR count). The number of phosphoric acid groups is 1. The van der Waals surface area contributed by atoms with Crippen molar-refractivity contribution < 1.29 is 37.3 Å². The zero-order chi connectivity index (χ0) is 36.3. The second kappa shape index (κ2) is 34.3. The van der Waals surface area contributed by atoms with E-state index in [2.05, 4.69) is 26.0 Å². The average Bonchev–Trinajstić information content (AvgIpc) is 3.04. The SMILES string of the molecule is CCCCCCCC/C=C\CCCCCCCCCCCCOCC(COP(=O)(O)OCC[N+](C)(C)C)OC(=O)CCCCCCCCC. The summed E-state index contributed by atoms with van der Waals surface area (Å²) in [6, 6.07) is 0. The van der Waals surface area contributed by atoms with E-state index < -0.39 is 13.9 Å². The molecule has 2 atom stereocenters. The molecule has 0 radical (unpaired) electrons. The van der Waals surface area contributed by atoms with Crippen LogP contribution in [0.5, 0.6) is 0 Å². The van der Waals surface area contributed by atoms with E-state index in [1.54, 1.807) is 0 Å². The van der Waals surface area contributed by atoms with Crippen molar-refractivity contribution in [3.05, 3.63) is 12.2 Å². The summed E-state index contributed by atoms with van der Waals surface area (Å²) in [4.78, 5) is 22.6. The molecule has 8 nitrogen and oxygen atoms in total. The van der Waals surface area contributed by atoms with E-state index in [4.69, 9.17) is 18.5 Å². The maximum absolute atomic E-state index is 12.5. The van der Waals surface area contributed by atoms with Crippen LogP contribution in [0.4, 0.5) is 0 Å². The summed E-state index contributed by atoms with van der Waals surface area (Å²) in [5.74, 6) is -0.319. The Kier molecular flexibility index (Phi) is 33.8. The van der Waals surface area contributed by atoms with E-state index in [1.807, 2.05) is 21.1 Å². The quantitative estimate of drug-likeness (QED) is 0.0223. The Bertz CT molecular complexity index is 802. The number of carbonyl (C=O) groups is 1. The topological polar surface area (TPSA) is 91.3 Å². The highest BCUT2D eigenvalue weighted by Gasteiger charge is 2.26. The molecular weight excluding hydrogens is 637 g/mol. The maximum atomic E-state index is 12.5. The molecule has 0 fully saturated rings. The Balaban J connectivity index is 4.07. The monoisotopic (exact) mass is 719 g/mol. The molecular formula is C40H81NO7P+. The van der Waals surface area contributed by atoms with E-state index in [-0.39, 0.29) is 25.8 Å². The van der Waals surface area contributed by atoms with Crippen LogP contribution in [0, 0.1) is 0 Å². The molecule has 0 aromatic heterocycles. The number of hydrogen-bond donors (Lipinski definition) is 1. The molecule has 49 heavy (non-hydrogen) atoms. The van der Waals surface area contributed by atoms with E-state index in [9.17, 15) is 14.3 Å². The molecule has 0 amide bonds. The molecule has 0 spiro atoms. The number of nitrogens with zero attached hydrogens (tertiary/aromatic N) is 1. The Labute approximate surface area is 303 Å². The highest BCUT2D eigenvalue weighted by Crippen LogP contribution is 2.43. The van der Waals surface area contributed by atoms with Gasteiger partial charge in [0.25, 0.3) is 0 Å². The van der Waals surface area contributed by atoms with Gasteiger partial charge in [-0.1, -0.05) is 148 Å². The van der Waals surface area contributed by atoms with Gasteiger partial charge in [0.05, 0.1) is 34.4 Å². The Morgan fingerprint density at radius 2 is 1.06 bits per heavy atom. The van der Waals surface area contributed by atoms with Crippen LogP contribution in [-0.4, -0.2) is 75.6 Å². The molecule has 0 saturated carbocycles. The van der Waals surface area contributed by atoms with Crippen molar-refractivity contribution in [3.8, 4) is 0 Å². The predicted molar refractivity (Wildman–Crippen MR) is 206 cm³/mol. The molecule has 0 aromatic rings. The Morgan fingerprint density at radius 3 is 1.55 bits per heavy atom. The molecule has 2 unspecified atom stereocenters. The summed E-state index contributed by atoms with van der Waals surface area (Å²) in [6.07, 6.45) is 35.4. The van der Waals surface area contributed by atoms with Gasteiger partial charge in [0, 0.05) is 13.0 Å². The summed E-state index contributed by atoms with van der Waals surface area (Å²) in [5, 5.41) is 0. The summed E-state index contributed by atoms with van der Waals surface area (Å²) < 4.78 is 34.8. The molecule has 0 aliphatic rings. The van der Waals surface area contributed by atoms with E-state index in [0.29, 0.717) is 24.1 Å². The lowest BCUT2D eigenvalue weighted by Crippen LogP contribution is -2.37. The van der Waals surface area contributed by atoms with Crippen LogP contribution in [0.2, 0.25) is 0 Å². The van der Waals surface area contributed by atoms with Crippen LogP contribution < -0.4 is 0 Å². The summed E-state index contributed by atoms with van der Waals surface area (Å²) in [5.41, 5.74) is 0. The number of unbranched alkanes of at least 4 members (excludes halogenated alkanes) is 22. The maximum Gasteiger partial charge on any atom is 0.472 e. The lowest BCUT2D eigenvalue weighted by Gasteiger charge is -2.24. The third-order valence-corrected chi connectivity index (χ3v) is 9.81. The Hall–Kier alpha value is -0.760. The van der Waals surface area contributed by atoms with Gasteiger partial charge in [-0.2, -0.15) is 0 Å². The molecule has 0 heterocycles. The van der Waals surface area contributed by atoms with Crippen LogP contribution in [0.15, 0.2) is 12.2 Å². The lowest BCUT2D eigenvalue weighted by molar-refractivity contribution is -0.870. The number of carbonyl (C=O) groups excluding carboxylic acids is 1. The van der Waals surface area contributed by atoms with Crippen molar-refractivity contribution in [1.29, 1.82) is 0 Å². The minimum atomic E-state index is -4.26. The number of phosphoric ester groups is 1. The number of ether oxygens (including phenoxy) is 2. The van der Waals surface area contributed by atoms with E-state index >= 15 is 0 Å². The van der Waals surface area contributed by atoms with Gasteiger partial charge in [-0.05, 0) is 38.5 Å². The van der Waals surface area contributed by atoms with Crippen molar-refractivity contribution in [2.24, 2.45) is 0 Å². The molecule has 0 aliphatic heterocycles. The van der Waals surface area contributed by atoms with Crippen molar-refractivity contribution in [2.45, 2.75) is 187 Å². The number of likely N-dealkylation sites (N-methyl/N-ethyl adjacent to an activating group) is 1. The smallest absolute Gasteiger partial charge is 0.457 e. The first kappa shape index (κ1) is 48.2. The zero-order valence-corrected chi connectivity index (χ0v) is 33.8. The number of rotatable bonds is 38. The van der Waals surface area contributed by atoms with Gasteiger partial charge in [0.2, 0.25) is 0 Å². The highest BCUT2D eigenvalue weighted by molar-refractivity contribution is 7.47. The van der Waals surface area contributed by atoms with Crippen molar-refractivity contribution >= 4 is 13.8 Å². The van der Waals surface area contributed by atoms with Gasteiger partial charge in [-0.25, -0.2) is 4.57 Å². The molecule has 0 aromatic carbocycles. The molecule has 1 N–H and O–H groups in total. The van der Waals surface area contributed by atoms with Crippen LogP contribution in [0.1, 0.15) is 181 Å². The van der Waals surface area contributed by atoms with Crippen LogP contribution in [-0.2, 0) is 27.9 Å². The van der Waals surface area contributed by atoms with Gasteiger partial charge < -0.3 is 18.9 Å². The molecule has 292 valence electrons. The van der Waals surface area contributed by atoms with Gasteiger partial charge in [-0.3, -0.25) is 13.8 Å². The fraction of sp³-hybridized carbons (Fsp3) is 0.925. The molecule has 0 bridgehead atoms. The minimum Gasteiger partial charge on any atom is -0.457 e. The molecule has 0 saturated heterocycles. The van der Waals surface area contributed by atoms with Crippen molar-refractivity contribution in [3.63, 3.8) is 0 Å². The highest BCUT2D eigenvalue weighted by atomic mass is 31.2. The van der Waals surface area contributed by atoms with Gasteiger partial charge in [0.1, 0.15) is 19.3 Å². The first-order chi connectivity index (χ1) is 23.6. The van der Waals surface area contributed by atoms with Crippen molar-refractivity contribution in [2.75, 3.05) is 54.1 Å². The summed E-state index contributed by atoms with van der Waals surface area (Å²) >= 11 is 0.